The average Bonchev–Trinajstić information content (AvgIpc) is 1.85. The van der Waals surface area contributed by atoms with Gasteiger partial charge in [0.15, 0.2) is 0 Å². The first-order valence-electron chi connectivity index (χ1n) is 2.95. The number of hydrogen-bond acceptors (Lipinski definition) is 5. The topological polar surface area (TPSA) is 144 Å². The van der Waals surface area contributed by atoms with Gasteiger partial charge in [-0.2, -0.15) is 8.42 Å². The molecule has 0 rings (SSSR count). The molecule has 2 atom stereocenters. The number of carbonyl (C=O) groups is 1. The zero-order chi connectivity index (χ0) is 9.94. The highest BCUT2D eigenvalue weighted by atomic mass is 32.2. The zero-order valence-corrected chi connectivity index (χ0v) is 6.86. The van der Waals surface area contributed by atoms with E-state index < -0.39 is 33.9 Å². The lowest BCUT2D eigenvalue weighted by molar-refractivity contribution is -0.138. The van der Waals surface area contributed by atoms with Gasteiger partial charge in [0, 0.05) is 6.54 Å². The van der Waals surface area contributed by atoms with Crippen LogP contribution in [-0.2, 0) is 14.9 Å². The minimum Gasteiger partial charge on any atom is -0.480 e. The molecule has 0 amide bonds. The molecule has 6 N–H and O–H groups in total. The molecule has 0 aromatic carbocycles. The second kappa shape index (κ2) is 3.81. The predicted molar refractivity (Wildman–Crippen MR) is 40.0 cm³/mol. The number of hydrogen-bond donors (Lipinski definition) is 4. The van der Waals surface area contributed by atoms with E-state index in [0.717, 1.165) is 0 Å². The third kappa shape index (κ3) is 2.74. The second-order valence-corrected chi connectivity index (χ2v) is 3.79. The van der Waals surface area contributed by atoms with E-state index in [9.17, 15) is 13.2 Å². The normalized spacial score (nSPS) is 16.9. The highest BCUT2D eigenvalue weighted by Gasteiger charge is 2.33. The standard InChI is InChI=1S/C4H10N2O5S/c5-1-2(12(9,10)11)3(6)4(7)8/h2-3H,1,5-6H2,(H,7,8)(H,9,10,11). The summed E-state index contributed by atoms with van der Waals surface area (Å²) in [4.78, 5) is 10.2. The van der Waals surface area contributed by atoms with Crippen molar-refractivity contribution >= 4 is 16.1 Å². The minimum atomic E-state index is -4.49. The average molecular weight is 198 g/mol. The van der Waals surface area contributed by atoms with Crippen molar-refractivity contribution in [3.8, 4) is 0 Å². The maximum absolute atomic E-state index is 10.4. The van der Waals surface area contributed by atoms with Crippen LogP contribution < -0.4 is 11.5 Å². The molecule has 0 saturated heterocycles. The monoisotopic (exact) mass is 198 g/mol. The molecule has 0 spiro atoms. The van der Waals surface area contributed by atoms with E-state index in [2.05, 4.69) is 0 Å². The summed E-state index contributed by atoms with van der Waals surface area (Å²) in [5, 5.41) is 6.63. The number of carboxylic acids is 1. The fraction of sp³-hybridized carbons (Fsp3) is 0.750. The summed E-state index contributed by atoms with van der Waals surface area (Å²) in [5.41, 5.74) is 9.85. The molecular formula is C4H10N2O5S. The minimum absolute atomic E-state index is 0.535. The summed E-state index contributed by atoms with van der Waals surface area (Å²) >= 11 is 0. The van der Waals surface area contributed by atoms with Crippen molar-refractivity contribution in [2.45, 2.75) is 11.3 Å². The second-order valence-electron chi connectivity index (χ2n) is 2.15. The van der Waals surface area contributed by atoms with Gasteiger partial charge in [0.05, 0.1) is 0 Å². The van der Waals surface area contributed by atoms with Gasteiger partial charge in [-0.1, -0.05) is 0 Å². The molecule has 0 aliphatic rings. The van der Waals surface area contributed by atoms with Crippen molar-refractivity contribution in [3.05, 3.63) is 0 Å². The summed E-state index contributed by atoms with van der Waals surface area (Å²) in [6.07, 6.45) is 0. The summed E-state index contributed by atoms with van der Waals surface area (Å²) in [6.45, 7) is -0.535. The lowest BCUT2D eigenvalue weighted by Gasteiger charge is -2.14. The van der Waals surface area contributed by atoms with E-state index in [1.165, 1.54) is 0 Å². The van der Waals surface area contributed by atoms with Gasteiger partial charge in [0.25, 0.3) is 10.1 Å². The summed E-state index contributed by atoms with van der Waals surface area (Å²) in [7, 11) is -4.49. The lowest BCUT2D eigenvalue weighted by atomic mass is 10.2. The van der Waals surface area contributed by atoms with Crippen molar-refractivity contribution in [1.82, 2.24) is 0 Å². The summed E-state index contributed by atoms with van der Waals surface area (Å²) in [5.74, 6) is -1.52. The van der Waals surface area contributed by atoms with Crippen molar-refractivity contribution < 1.29 is 22.9 Å². The first kappa shape index (κ1) is 11.3. The molecule has 12 heavy (non-hydrogen) atoms. The first-order chi connectivity index (χ1) is 5.30. The van der Waals surface area contributed by atoms with Crippen LogP contribution in [0.4, 0.5) is 0 Å². The molecular weight excluding hydrogens is 188 g/mol. The molecule has 0 aromatic rings. The van der Waals surface area contributed by atoms with E-state index in [0.29, 0.717) is 0 Å². The Hall–Kier alpha value is -0.700. The van der Waals surface area contributed by atoms with Gasteiger partial charge >= 0.3 is 5.97 Å². The van der Waals surface area contributed by atoms with Gasteiger partial charge in [0.2, 0.25) is 0 Å². The van der Waals surface area contributed by atoms with E-state index in [1.807, 2.05) is 0 Å². The Bertz CT molecular complexity index is 261. The van der Waals surface area contributed by atoms with E-state index in [-0.39, 0.29) is 0 Å². The van der Waals surface area contributed by atoms with E-state index in [4.69, 9.17) is 21.1 Å². The Balaban J connectivity index is 4.70. The van der Waals surface area contributed by atoms with Crippen molar-refractivity contribution in [3.63, 3.8) is 0 Å². The van der Waals surface area contributed by atoms with Crippen LogP contribution in [0.1, 0.15) is 0 Å². The van der Waals surface area contributed by atoms with Crippen LogP contribution in [0, 0.1) is 0 Å². The van der Waals surface area contributed by atoms with Crippen LogP contribution in [0.3, 0.4) is 0 Å². The van der Waals surface area contributed by atoms with Crippen LogP contribution in [-0.4, -0.2) is 41.9 Å². The zero-order valence-electron chi connectivity index (χ0n) is 6.04. The molecule has 0 aromatic heterocycles. The SMILES string of the molecule is NCC(C(N)C(=O)O)S(=O)(=O)O. The molecule has 72 valence electrons. The van der Waals surface area contributed by atoms with Crippen molar-refractivity contribution in [2.75, 3.05) is 6.54 Å². The van der Waals surface area contributed by atoms with Crippen LogP contribution in [0.25, 0.3) is 0 Å². The Morgan fingerprint density at radius 2 is 1.92 bits per heavy atom. The molecule has 0 radical (unpaired) electrons. The number of aliphatic carboxylic acids is 1. The van der Waals surface area contributed by atoms with E-state index >= 15 is 0 Å². The molecule has 0 aliphatic carbocycles. The third-order valence-electron chi connectivity index (χ3n) is 1.30. The van der Waals surface area contributed by atoms with Crippen LogP contribution in [0.5, 0.6) is 0 Å². The van der Waals surface area contributed by atoms with Crippen molar-refractivity contribution in [2.24, 2.45) is 11.5 Å². The number of rotatable bonds is 4. The van der Waals surface area contributed by atoms with E-state index in [1.54, 1.807) is 0 Å². The Morgan fingerprint density at radius 1 is 1.50 bits per heavy atom. The van der Waals surface area contributed by atoms with Gasteiger partial charge in [0.1, 0.15) is 11.3 Å². The van der Waals surface area contributed by atoms with Gasteiger partial charge in [-0.05, 0) is 0 Å². The molecule has 0 heterocycles. The Kier molecular flexibility index (Phi) is 3.58. The Labute approximate surface area is 69.1 Å². The van der Waals surface area contributed by atoms with Gasteiger partial charge in [-0.3, -0.25) is 9.35 Å². The Morgan fingerprint density at radius 3 is 2.00 bits per heavy atom. The first-order valence-corrected chi connectivity index (χ1v) is 4.45. The van der Waals surface area contributed by atoms with Gasteiger partial charge in [-0.25, -0.2) is 0 Å². The summed E-state index contributed by atoms with van der Waals surface area (Å²) in [6, 6.07) is -1.70. The summed E-state index contributed by atoms with van der Waals surface area (Å²) < 4.78 is 29.3. The molecule has 0 saturated carbocycles. The highest BCUT2D eigenvalue weighted by molar-refractivity contribution is 7.86. The van der Waals surface area contributed by atoms with Crippen LogP contribution in [0.15, 0.2) is 0 Å². The number of carboxylic acid groups (broad SMARTS) is 1. The van der Waals surface area contributed by atoms with Gasteiger partial charge in [-0.15, -0.1) is 0 Å². The van der Waals surface area contributed by atoms with Crippen LogP contribution >= 0.6 is 0 Å². The maximum Gasteiger partial charge on any atom is 0.321 e. The largest absolute Gasteiger partial charge is 0.480 e. The predicted octanol–water partition coefficient (Wildman–Crippen LogP) is -2.39. The fourth-order valence-corrected chi connectivity index (χ4v) is 1.34. The fourth-order valence-electron chi connectivity index (χ4n) is 0.613. The molecule has 8 heteroatoms. The van der Waals surface area contributed by atoms with Gasteiger partial charge < -0.3 is 16.6 Å². The molecule has 2 unspecified atom stereocenters. The molecule has 7 nitrogen and oxygen atoms in total. The smallest absolute Gasteiger partial charge is 0.321 e. The molecule has 0 fully saturated rings. The van der Waals surface area contributed by atoms with Crippen LogP contribution in [0.2, 0.25) is 0 Å². The lowest BCUT2D eigenvalue weighted by Crippen LogP contribution is -2.49. The van der Waals surface area contributed by atoms with Crippen molar-refractivity contribution in [1.29, 1.82) is 0 Å². The molecule has 0 bridgehead atoms. The third-order valence-corrected chi connectivity index (χ3v) is 2.55. The highest BCUT2D eigenvalue weighted by Crippen LogP contribution is 2.01. The number of nitrogens with two attached hydrogens (primary N) is 2. The quantitative estimate of drug-likeness (QED) is 0.369. The maximum atomic E-state index is 10.4. The molecule has 0 aliphatic heterocycles.